The fraction of sp³-hybridized carbons (Fsp3) is 0.500. The molecule has 1 aromatic rings. The van der Waals surface area contributed by atoms with Gasteiger partial charge in [-0.25, -0.2) is 4.39 Å². The van der Waals surface area contributed by atoms with E-state index in [0.717, 1.165) is 31.7 Å². The van der Waals surface area contributed by atoms with Crippen LogP contribution in [0.25, 0.3) is 0 Å². The highest BCUT2D eigenvalue weighted by Crippen LogP contribution is 2.22. The lowest BCUT2D eigenvalue weighted by molar-refractivity contribution is 0.182. The summed E-state index contributed by atoms with van der Waals surface area (Å²) in [5.74, 6) is -0.0940. The van der Waals surface area contributed by atoms with Crippen molar-refractivity contribution in [1.29, 1.82) is 0 Å². The zero-order valence-electron chi connectivity index (χ0n) is 9.86. The van der Waals surface area contributed by atoms with Gasteiger partial charge in [0, 0.05) is 37.8 Å². The van der Waals surface area contributed by atoms with Crippen LogP contribution < -0.4 is 5.32 Å². The van der Waals surface area contributed by atoms with Crippen LogP contribution in [0.5, 0.6) is 0 Å². The van der Waals surface area contributed by atoms with Crippen molar-refractivity contribution in [2.24, 2.45) is 0 Å². The maximum Gasteiger partial charge on any atom is 0.127 e. The molecule has 1 N–H and O–H groups in total. The van der Waals surface area contributed by atoms with Gasteiger partial charge in [0.2, 0.25) is 0 Å². The van der Waals surface area contributed by atoms with E-state index in [1.165, 1.54) is 6.07 Å². The Labute approximate surface area is 114 Å². The van der Waals surface area contributed by atoms with E-state index in [-0.39, 0.29) is 36.7 Å². The Morgan fingerprint density at radius 1 is 1.18 bits per heavy atom. The highest BCUT2D eigenvalue weighted by molar-refractivity contribution is 5.85. The van der Waals surface area contributed by atoms with Gasteiger partial charge in [-0.05, 0) is 13.0 Å². The molecular formula is C12H19Cl2FN2. The molecule has 1 aliphatic rings. The summed E-state index contributed by atoms with van der Waals surface area (Å²) in [7, 11) is 0. The first-order valence-electron chi connectivity index (χ1n) is 5.48. The fourth-order valence-corrected chi connectivity index (χ4v) is 2.08. The molecule has 0 bridgehead atoms. The molecule has 1 atom stereocenters. The summed E-state index contributed by atoms with van der Waals surface area (Å²) in [4.78, 5) is 2.31. The molecule has 1 aromatic carbocycles. The monoisotopic (exact) mass is 280 g/mol. The van der Waals surface area contributed by atoms with Crippen molar-refractivity contribution in [2.75, 3.05) is 26.2 Å². The Kier molecular flexibility index (Phi) is 7.71. The molecule has 1 aliphatic heterocycles. The second-order valence-electron chi connectivity index (χ2n) is 3.98. The van der Waals surface area contributed by atoms with E-state index in [9.17, 15) is 4.39 Å². The molecule has 0 aromatic heterocycles. The number of hydrogen-bond acceptors (Lipinski definition) is 2. The van der Waals surface area contributed by atoms with Crippen molar-refractivity contribution in [3.8, 4) is 0 Å². The molecule has 5 heteroatoms. The smallest absolute Gasteiger partial charge is 0.127 e. The van der Waals surface area contributed by atoms with E-state index in [1.807, 2.05) is 12.1 Å². The van der Waals surface area contributed by atoms with E-state index in [4.69, 9.17) is 0 Å². The lowest BCUT2D eigenvalue weighted by Crippen LogP contribution is -2.44. The molecule has 1 saturated heterocycles. The topological polar surface area (TPSA) is 15.3 Å². The zero-order valence-corrected chi connectivity index (χ0v) is 11.5. The van der Waals surface area contributed by atoms with Crippen molar-refractivity contribution in [2.45, 2.75) is 13.0 Å². The third-order valence-corrected chi connectivity index (χ3v) is 3.05. The molecule has 0 aliphatic carbocycles. The van der Waals surface area contributed by atoms with Gasteiger partial charge in [-0.3, -0.25) is 4.90 Å². The van der Waals surface area contributed by atoms with Crippen LogP contribution in [0.4, 0.5) is 4.39 Å². The number of piperazine rings is 1. The van der Waals surface area contributed by atoms with Crippen LogP contribution in [-0.4, -0.2) is 31.1 Å². The Hall–Kier alpha value is -0.350. The second kappa shape index (κ2) is 7.88. The van der Waals surface area contributed by atoms with Crippen LogP contribution in [0.2, 0.25) is 0 Å². The second-order valence-corrected chi connectivity index (χ2v) is 3.98. The number of rotatable bonds is 2. The van der Waals surface area contributed by atoms with Crippen molar-refractivity contribution < 1.29 is 4.39 Å². The Morgan fingerprint density at radius 3 is 2.35 bits per heavy atom. The molecule has 98 valence electrons. The summed E-state index contributed by atoms with van der Waals surface area (Å²) in [6.07, 6.45) is 0. The molecule has 0 radical (unpaired) electrons. The molecule has 17 heavy (non-hydrogen) atoms. The Balaban J connectivity index is 0.00000128. The highest BCUT2D eigenvalue weighted by Gasteiger charge is 2.19. The van der Waals surface area contributed by atoms with Gasteiger partial charge in [0.05, 0.1) is 0 Å². The van der Waals surface area contributed by atoms with Crippen molar-refractivity contribution in [3.05, 3.63) is 35.6 Å². The van der Waals surface area contributed by atoms with E-state index in [2.05, 4.69) is 17.1 Å². The minimum atomic E-state index is -0.0940. The summed E-state index contributed by atoms with van der Waals surface area (Å²) in [6.45, 7) is 6.06. The van der Waals surface area contributed by atoms with E-state index < -0.39 is 0 Å². The third-order valence-electron chi connectivity index (χ3n) is 3.05. The summed E-state index contributed by atoms with van der Waals surface area (Å²) in [6, 6.07) is 7.23. The molecule has 2 nitrogen and oxygen atoms in total. The summed E-state index contributed by atoms with van der Waals surface area (Å²) < 4.78 is 13.6. The predicted octanol–water partition coefficient (Wildman–Crippen LogP) is 2.64. The quantitative estimate of drug-likeness (QED) is 0.896. The Bertz CT molecular complexity index is 330. The predicted molar refractivity (Wildman–Crippen MR) is 73.8 cm³/mol. The largest absolute Gasteiger partial charge is 0.314 e. The lowest BCUT2D eigenvalue weighted by Gasteiger charge is -2.33. The summed E-state index contributed by atoms with van der Waals surface area (Å²) in [5.41, 5.74) is 0.805. The number of nitrogens with one attached hydrogen (secondary N) is 1. The molecule has 0 spiro atoms. The van der Waals surface area contributed by atoms with Gasteiger partial charge in [-0.2, -0.15) is 0 Å². The maximum absolute atomic E-state index is 13.6. The number of halogens is 3. The molecule has 2 rings (SSSR count). The first-order valence-corrected chi connectivity index (χ1v) is 5.48. The molecule has 0 saturated carbocycles. The Morgan fingerprint density at radius 2 is 1.76 bits per heavy atom. The number of nitrogens with zero attached hydrogens (tertiary/aromatic N) is 1. The minimum Gasteiger partial charge on any atom is -0.314 e. The van der Waals surface area contributed by atoms with E-state index in [0.29, 0.717) is 0 Å². The van der Waals surface area contributed by atoms with Gasteiger partial charge in [0.1, 0.15) is 5.82 Å². The molecule has 0 amide bonds. The molecule has 1 unspecified atom stereocenters. The van der Waals surface area contributed by atoms with Gasteiger partial charge in [-0.1, -0.05) is 18.2 Å². The standard InChI is InChI=1S/C12H17FN2.2ClH/c1-10(15-8-6-14-7-9-15)11-4-2-3-5-12(11)13;;/h2-5,10,14H,6-9H2,1H3;2*1H. The minimum absolute atomic E-state index is 0. The maximum atomic E-state index is 13.6. The average molecular weight is 281 g/mol. The number of benzene rings is 1. The summed E-state index contributed by atoms with van der Waals surface area (Å²) >= 11 is 0. The average Bonchev–Trinajstić information content (AvgIpc) is 2.30. The van der Waals surface area contributed by atoms with Crippen LogP contribution in [-0.2, 0) is 0 Å². The highest BCUT2D eigenvalue weighted by atomic mass is 35.5. The first-order chi connectivity index (χ1) is 7.29. The number of hydrogen-bond donors (Lipinski definition) is 1. The lowest BCUT2D eigenvalue weighted by atomic mass is 10.1. The van der Waals surface area contributed by atoms with Crippen LogP contribution in [0.1, 0.15) is 18.5 Å². The molecule has 1 fully saturated rings. The van der Waals surface area contributed by atoms with E-state index >= 15 is 0 Å². The molecular weight excluding hydrogens is 262 g/mol. The van der Waals surface area contributed by atoms with Crippen LogP contribution in [0.15, 0.2) is 24.3 Å². The summed E-state index contributed by atoms with van der Waals surface area (Å²) in [5, 5.41) is 3.30. The van der Waals surface area contributed by atoms with Gasteiger partial charge in [-0.15, -0.1) is 24.8 Å². The van der Waals surface area contributed by atoms with Crippen molar-refractivity contribution >= 4 is 24.8 Å². The van der Waals surface area contributed by atoms with Crippen molar-refractivity contribution in [3.63, 3.8) is 0 Å². The van der Waals surface area contributed by atoms with Crippen LogP contribution >= 0.6 is 24.8 Å². The fourth-order valence-electron chi connectivity index (χ4n) is 2.08. The van der Waals surface area contributed by atoms with Gasteiger partial charge >= 0.3 is 0 Å². The third kappa shape index (κ3) is 4.11. The molecule has 1 heterocycles. The SMILES string of the molecule is CC(c1ccccc1F)N1CCNCC1.Cl.Cl. The van der Waals surface area contributed by atoms with Crippen LogP contribution in [0.3, 0.4) is 0 Å². The van der Waals surface area contributed by atoms with Gasteiger partial charge < -0.3 is 5.32 Å². The van der Waals surface area contributed by atoms with Crippen LogP contribution in [0, 0.1) is 5.82 Å². The first kappa shape index (κ1) is 16.6. The normalized spacial score (nSPS) is 17.8. The van der Waals surface area contributed by atoms with Gasteiger partial charge in [0.15, 0.2) is 0 Å². The van der Waals surface area contributed by atoms with Gasteiger partial charge in [0.25, 0.3) is 0 Å². The van der Waals surface area contributed by atoms with Crippen molar-refractivity contribution in [1.82, 2.24) is 10.2 Å². The van der Waals surface area contributed by atoms with E-state index in [1.54, 1.807) is 6.07 Å². The zero-order chi connectivity index (χ0) is 10.7.